The first-order valence-electron chi connectivity index (χ1n) is 6.27. The molecule has 0 aliphatic carbocycles. The Kier molecular flexibility index (Phi) is 5.84. The van der Waals surface area contributed by atoms with Gasteiger partial charge < -0.3 is 4.74 Å². The number of pyridine rings is 2. The number of hydrogen-bond donors (Lipinski definition) is 0. The van der Waals surface area contributed by atoms with Crippen LogP contribution in [0.2, 0.25) is 5.15 Å². The van der Waals surface area contributed by atoms with E-state index in [0.29, 0.717) is 15.7 Å². The van der Waals surface area contributed by atoms with Gasteiger partial charge in [0.1, 0.15) is 11.8 Å². The molecule has 0 radical (unpaired) electrons. The zero-order valence-electron chi connectivity index (χ0n) is 11.5. The summed E-state index contributed by atoms with van der Waals surface area (Å²) in [5, 5.41) is 0.645. The molecule has 0 N–H and O–H groups in total. The summed E-state index contributed by atoms with van der Waals surface area (Å²) in [7, 11) is 0. The SMILES string of the molecule is O=C(CSc1ccc(C(F)(F)F)cn1)OCc1ccc(Cl)nc1. The minimum absolute atomic E-state index is 0.0456. The van der Waals surface area contributed by atoms with Crippen molar-refractivity contribution in [2.75, 3.05) is 5.75 Å². The molecule has 0 amide bonds. The van der Waals surface area contributed by atoms with Gasteiger partial charge in [-0.1, -0.05) is 29.4 Å². The quantitative estimate of drug-likeness (QED) is 0.457. The highest BCUT2D eigenvalue weighted by atomic mass is 35.5. The van der Waals surface area contributed by atoms with Crippen molar-refractivity contribution in [1.82, 2.24) is 9.97 Å². The number of rotatable bonds is 5. The van der Waals surface area contributed by atoms with Gasteiger partial charge in [-0.25, -0.2) is 9.97 Å². The fourth-order valence-electron chi connectivity index (χ4n) is 1.46. The highest BCUT2D eigenvalue weighted by Crippen LogP contribution is 2.29. The summed E-state index contributed by atoms with van der Waals surface area (Å²) in [5.41, 5.74) is -0.153. The Labute approximate surface area is 139 Å². The summed E-state index contributed by atoms with van der Waals surface area (Å²) >= 11 is 6.63. The van der Waals surface area contributed by atoms with Crippen molar-refractivity contribution in [1.29, 1.82) is 0 Å². The predicted octanol–water partition coefficient (Wildman–Crippen LogP) is 3.98. The van der Waals surface area contributed by atoms with Crippen LogP contribution in [0.5, 0.6) is 0 Å². The Morgan fingerprint density at radius 1 is 1.17 bits per heavy atom. The van der Waals surface area contributed by atoms with Gasteiger partial charge in [0.15, 0.2) is 0 Å². The van der Waals surface area contributed by atoms with Crippen LogP contribution in [0.4, 0.5) is 13.2 Å². The van der Waals surface area contributed by atoms with Crippen molar-refractivity contribution < 1.29 is 22.7 Å². The van der Waals surface area contributed by atoms with E-state index < -0.39 is 17.7 Å². The molecule has 2 rings (SSSR count). The first-order valence-corrected chi connectivity index (χ1v) is 7.63. The highest BCUT2D eigenvalue weighted by Gasteiger charge is 2.30. The summed E-state index contributed by atoms with van der Waals surface area (Å²) in [6, 6.07) is 5.38. The molecule has 0 saturated carbocycles. The van der Waals surface area contributed by atoms with Crippen molar-refractivity contribution in [3.05, 3.63) is 52.9 Å². The maximum atomic E-state index is 12.4. The molecule has 0 saturated heterocycles. The predicted molar refractivity (Wildman–Crippen MR) is 79.0 cm³/mol. The first kappa shape index (κ1) is 17.6. The fraction of sp³-hybridized carbons (Fsp3) is 0.214. The molecule has 2 aromatic rings. The van der Waals surface area contributed by atoms with E-state index in [-0.39, 0.29) is 12.4 Å². The van der Waals surface area contributed by atoms with Crippen molar-refractivity contribution >= 4 is 29.3 Å². The summed E-state index contributed by atoms with van der Waals surface area (Å²) < 4.78 is 42.2. The fourth-order valence-corrected chi connectivity index (χ4v) is 2.22. The van der Waals surface area contributed by atoms with Crippen LogP contribution >= 0.6 is 23.4 Å². The molecular weight excluding hydrogens is 353 g/mol. The van der Waals surface area contributed by atoms with Gasteiger partial charge in [0.25, 0.3) is 0 Å². The van der Waals surface area contributed by atoms with Crippen LogP contribution in [0.1, 0.15) is 11.1 Å². The highest BCUT2D eigenvalue weighted by molar-refractivity contribution is 7.99. The summed E-state index contributed by atoms with van der Waals surface area (Å²) in [5.74, 6) is -0.564. The Hall–Kier alpha value is -1.80. The van der Waals surface area contributed by atoms with E-state index >= 15 is 0 Å². The van der Waals surface area contributed by atoms with Crippen LogP contribution in [0.3, 0.4) is 0 Å². The average Bonchev–Trinajstić information content (AvgIpc) is 2.52. The molecule has 0 aliphatic heterocycles. The molecule has 0 aromatic carbocycles. The van der Waals surface area contributed by atoms with Crippen molar-refractivity contribution in [3.63, 3.8) is 0 Å². The zero-order valence-corrected chi connectivity index (χ0v) is 13.1. The largest absolute Gasteiger partial charge is 0.460 e. The van der Waals surface area contributed by atoms with Crippen molar-refractivity contribution in [3.8, 4) is 0 Å². The van der Waals surface area contributed by atoms with Gasteiger partial charge in [-0.05, 0) is 18.2 Å². The number of alkyl halides is 3. The molecule has 23 heavy (non-hydrogen) atoms. The number of thioether (sulfide) groups is 1. The molecule has 0 atom stereocenters. The molecule has 0 unspecified atom stereocenters. The number of esters is 1. The lowest BCUT2D eigenvalue weighted by atomic mass is 10.3. The number of carbonyl (C=O) groups is 1. The zero-order chi connectivity index (χ0) is 16.9. The summed E-state index contributed by atoms with van der Waals surface area (Å²) in [4.78, 5) is 19.1. The summed E-state index contributed by atoms with van der Waals surface area (Å²) in [6.45, 7) is 0.0456. The van der Waals surface area contributed by atoms with E-state index in [2.05, 4.69) is 9.97 Å². The molecule has 4 nitrogen and oxygen atoms in total. The van der Waals surface area contributed by atoms with E-state index in [1.54, 1.807) is 12.1 Å². The van der Waals surface area contributed by atoms with E-state index in [1.165, 1.54) is 12.3 Å². The van der Waals surface area contributed by atoms with Gasteiger partial charge in [-0.15, -0.1) is 0 Å². The van der Waals surface area contributed by atoms with Crippen molar-refractivity contribution in [2.45, 2.75) is 17.8 Å². The number of carbonyl (C=O) groups excluding carboxylic acids is 1. The van der Waals surface area contributed by atoms with Gasteiger partial charge in [0.2, 0.25) is 0 Å². The second-order valence-corrected chi connectivity index (χ2v) is 5.70. The second kappa shape index (κ2) is 7.65. The third-order valence-corrected chi connectivity index (χ3v) is 3.73. The van der Waals surface area contributed by atoms with Gasteiger partial charge >= 0.3 is 12.1 Å². The number of halogens is 4. The van der Waals surface area contributed by atoms with E-state index in [0.717, 1.165) is 24.0 Å². The maximum absolute atomic E-state index is 12.4. The molecule has 2 heterocycles. The Bertz CT molecular complexity index is 663. The van der Waals surface area contributed by atoms with Gasteiger partial charge in [0, 0.05) is 18.0 Å². The minimum Gasteiger partial charge on any atom is -0.460 e. The Morgan fingerprint density at radius 2 is 1.96 bits per heavy atom. The molecule has 122 valence electrons. The number of hydrogen-bond acceptors (Lipinski definition) is 5. The lowest BCUT2D eigenvalue weighted by Crippen LogP contribution is -2.08. The van der Waals surface area contributed by atoms with Crippen LogP contribution < -0.4 is 0 Å². The van der Waals surface area contributed by atoms with Crippen LogP contribution in [0.15, 0.2) is 41.7 Å². The van der Waals surface area contributed by atoms with E-state index in [1.807, 2.05) is 0 Å². The Morgan fingerprint density at radius 3 is 2.52 bits per heavy atom. The maximum Gasteiger partial charge on any atom is 0.417 e. The summed E-state index contributed by atoms with van der Waals surface area (Å²) in [6.07, 6.45) is -2.21. The van der Waals surface area contributed by atoms with Crippen LogP contribution in [-0.4, -0.2) is 21.7 Å². The monoisotopic (exact) mass is 362 g/mol. The third kappa shape index (κ3) is 5.72. The van der Waals surface area contributed by atoms with Crippen LogP contribution in [-0.2, 0) is 22.3 Å². The van der Waals surface area contributed by atoms with Crippen LogP contribution in [0.25, 0.3) is 0 Å². The number of ether oxygens (including phenoxy) is 1. The van der Waals surface area contributed by atoms with Crippen molar-refractivity contribution in [2.24, 2.45) is 0 Å². The average molecular weight is 363 g/mol. The van der Waals surface area contributed by atoms with Gasteiger partial charge in [0.05, 0.1) is 16.3 Å². The second-order valence-electron chi connectivity index (χ2n) is 4.32. The van der Waals surface area contributed by atoms with E-state index in [9.17, 15) is 18.0 Å². The topological polar surface area (TPSA) is 52.1 Å². The van der Waals surface area contributed by atoms with E-state index in [4.69, 9.17) is 16.3 Å². The third-order valence-electron chi connectivity index (χ3n) is 2.59. The molecule has 0 fully saturated rings. The van der Waals surface area contributed by atoms with Gasteiger partial charge in [-0.3, -0.25) is 4.79 Å². The first-order chi connectivity index (χ1) is 10.8. The van der Waals surface area contributed by atoms with Gasteiger partial charge in [-0.2, -0.15) is 13.2 Å². The molecule has 0 bridgehead atoms. The molecule has 0 aliphatic rings. The normalized spacial score (nSPS) is 11.3. The van der Waals surface area contributed by atoms with Crippen LogP contribution in [0, 0.1) is 0 Å². The lowest BCUT2D eigenvalue weighted by Gasteiger charge is -2.07. The number of nitrogens with zero attached hydrogens (tertiary/aromatic N) is 2. The standard InChI is InChI=1S/C14H10ClF3N2O2S/c15-11-3-1-9(5-19-11)7-22-13(21)8-23-12-4-2-10(6-20-12)14(16,17)18/h1-6H,7-8H2. The molecule has 9 heteroatoms. The lowest BCUT2D eigenvalue weighted by molar-refractivity contribution is -0.141. The molecular formula is C14H10ClF3N2O2S. The Balaban J connectivity index is 1.79. The minimum atomic E-state index is -4.43. The smallest absolute Gasteiger partial charge is 0.417 e. The number of aromatic nitrogens is 2. The molecule has 2 aromatic heterocycles. The molecule has 0 spiro atoms.